The van der Waals surface area contributed by atoms with Gasteiger partial charge >= 0.3 is 0 Å². The van der Waals surface area contributed by atoms with Crippen molar-refractivity contribution in [2.45, 2.75) is 12.4 Å². The summed E-state index contributed by atoms with van der Waals surface area (Å²) in [5.74, 6) is -0.220. The molecule has 0 aliphatic carbocycles. The molecule has 0 heterocycles. The fraction of sp³-hybridized carbons (Fsp3) is 0.462. The lowest BCUT2D eigenvalue weighted by Crippen LogP contribution is -2.37. The zero-order chi connectivity index (χ0) is 13.4. The van der Waals surface area contributed by atoms with E-state index in [9.17, 15) is 4.79 Å². The van der Waals surface area contributed by atoms with Crippen LogP contribution in [-0.2, 0) is 19.0 Å². The zero-order valence-corrected chi connectivity index (χ0v) is 10.9. The van der Waals surface area contributed by atoms with Crippen molar-refractivity contribution in [3.8, 4) is 0 Å². The van der Waals surface area contributed by atoms with Gasteiger partial charge in [-0.25, -0.2) is 0 Å². The number of carbonyl (C=O) groups excluding carboxylic acids is 1. The number of hydrogen-bond acceptors (Lipinski definition) is 4. The fourth-order valence-electron chi connectivity index (χ4n) is 1.56. The molecule has 0 aliphatic heterocycles. The molecule has 0 fully saturated rings. The first kappa shape index (κ1) is 14.6. The van der Waals surface area contributed by atoms with Crippen LogP contribution in [0.3, 0.4) is 0 Å². The maximum absolute atomic E-state index is 12.0. The summed E-state index contributed by atoms with van der Waals surface area (Å²) in [5, 5.41) is 2.72. The molecular weight excluding hydrogens is 234 g/mol. The summed E-state index contributed by atoms with van der Waals surface area (Å²) in [5.41, 5.74) is 0.809. The SMILES string of the molecule is COC(CNC(=O)C(OC)c1ccccc1)OC. The van der Waals surface area contributed by atoms with Crippen molar-refractivity contribution < 1.29 is 19.0 Å². The average molecular weight is 253 g/mol. The van der Waals surface area contributed by atoms with E-state index in [1.165, 1.54) is 21.3 Å². The highest BCUT2D eigenvalue weighted by atomic mass is 16.7. The van der Waals surface area contributed by atoms with Gasteiger partial charge in [0.1, 0.15) is 0 Å². The van der Waals surface area contributed by atoms with Crippen LogP contribution in [0.4, 0.5) is 0 Å². The Balaban J connectivity index is 2.58. The van der Waals surface area contributed by atoms with Crippen molar-refractivity contribution in [1.29, 1.82) is 0 Å². The topological polar surface area (TPSA) is 56.8 Å². The Bertz CT molecular complexity index is 351. The highest BCUT2D eigenvalue weighted by Gasteiger charge is 2.20. The third kappa shape index (κ3) is 4.10. The lowest BCUT2D eigenvalue weighted by molar-refractivity contribution is -0.136. The summed E-state index contributed by atoms with van der Waals surface area (Å²) >= 11 is 0. The molecule has 100 valence electrons. The number of hydrogen-bond donors (Lipinski definition) is 1. The van der Waals surface area contributed by atoms with Crippen LogP contribution in [0, 0.1) is 0 Å². The molecule has 0 radical (unpaired) electrons. The largest absolute Gasteiger partial charge is 0.367 e. The van der Waals surface area contributed by atoms with E-state index in [0.29, 0.717) is 0 Å². The Kier molecular flexibility index (Phi) is 6.35. The minimum Gasteiger partial charge on any atom is -0.367 e. The molecule has 1 amide bonds. The van der Waals surface area contributed by atoms with E-state index in [4.69, 9.17) is 14.2 Å². The first-order valence-electron chi connectivity index (χ1n) is 5.64. The van der Waals surface area contributed by atoms with Crippen LogP contribution >= 0.6 is 0 Å². The third-order valence-corrected chi connectivity index (χ3v) is 2.54. The second-order valence-electron chi connectivity index (χ2n) is 3.67. The van der Waals surface area contributed by atoms with Crippen molar-refractivity contribution >= 4 is 5.91 Å². The molecule has 0 saturated carbocycles. The van der Waals surface area contributed by atoms with E-state index in [2.05, 4.69) is 5.32 Å². The molecule has 0 saturated heterocycles. The van der Waals surface area contributed by atoms with Crippen LogP contribution in [-0.4, -0.2) is 40.1 Å². The second-order valence-corrected chi connectivity index (χ2v) is 3.67. The van der Waals surface area contributed by atoms with Crippen LogP contribution in [0.25, 0.3) is 0 Å². The number of benzene rings is 1. The van der Waals surface area contributed by atoms with Crippen LogP contribution in [0.15, 0.2) is 30.3 Å². The van der Waals surface area contributed by atoms with Crippen molar-refractivity contribution in [1.82, 2.24) is 5.32 Å². The van der Waals surface area contributed by atoms with E-state index >= 15 is 0 Å². The lowest BCUT2D eigenvalue weighted by Gasteiger charge is -2.18. The summed E-state index contributed by atoms with van der Waals surface area (Å²) in [4.78, 5) is 12.0. The van der Waals surface area contributed by atoms with E-state index in [1.807, 2.05) is 30.3 Å². The third-order valence-electron chi connectivity index (χ3n) is 2.54. The molecule has 0 bridgehead atoms. The number of methoxy groups -OCH3 is 3. The monoisotopic (exact) mass is 253 g/mol. The van der Waals surface area contributed by atoms with Gasteiger partial charge in [-0.05, 0) is 5.56 Å². The Labute approximate surface area is 107 Å². The maximum Gasteiger partial charge on any atom is 0.253 e. The van der Waals surface area contributed by atoms with E-state index < -0.39 is 12.4 Å². The van der Waals surface area contributed by atoms with Crippen molar-refractivity contribution in [2.24, 2.45) is 0 Å². The van der Waals surface area contributed by atoms with Gasteiger partial charge in [-0.15, -0.1) is 0 Å². The summed E-state index contributed by atoms with van der Waals surface area (Å²) in [6.07, 6.45) is -1.08. The first-order chi connectivity index (χ1) is 8.72. The summed E-state index contributed by atoms with van der Waals surface area (Å²) in [6, 6.07) is 9.30. The number of amides is 1. The van der Waals surface area contributed by atoms with Gasteiger partial charge in [0, 0.05) is 21.3 Å². The number of carbonyl (C=O) groups is 1. The molecule has 0 aromatic heterocycles. The lowest BCUT2D eigenvalue weighted by atomic mass is 10.1. The quantitative estimate of drug-likeness (QED) is 0.740. The second kappa shape index (κ2) is 7.81. The molecule has 18 heavy (non-hydrogen) atoms. The smallest absolute Gasteiger partial charge is 0.253 e. The van der Waals surface area contributed by atoms with Crippen molar-refractivity contribution in [2.75, 3.05) is 27.9 Å². The molecule has 1 atom stereocenters. The van der Waals surface area contributed by atoms with Gasteiger partial charge in [0.15, 0.2) is 12.4 Å². The van der Waals surface area contributed by atoms with Gasteiger partial charge in [-0.1, -0.05) is 30.3 Å². The Morgan fingerprint density at radius 2 is 1.72 bits per heavy atom. The molecular formula is C13H19NO4. The number of ether oxygens (including phenoxy) is 3. The normalized spacial score (nSPS) is 12.4. The standard InChI is InChI=1S/C13H19NO4/c1-16-11(17-2)9-14-13(15)12(18-3)10-7-5-4-6-8-10/h4-8,11-12H,9H2,1-3H3,(H,14,15). The predicted octanol–water partition coefficient (Wildman–Crippen LogP) is 1.11. The number of rotatable bonds is 7. The molecule has 1 unspecified atom stereocenters. The number of nitrogens with one attached hydrogen (secondary N) is 1. The minimum absolute atomic E-state index is 0.220. The maximum atomic E-state index is 12.0. The first-order valence-corrected chi connectivity index (χ1v) is 5.64. The molecule has 5 heteroatoms. The van der Waals surface area contributed by atoms with Gasteiger partial charge in [-0.2, -0.15) is 0 Å². The van der Waals surface area contributed by atoms with Crippen LogP contribution < -0.4 is 5.32 Å². The van der Waals surface area contributed by atoms with E-state index in [0.717, 1.165) is 5.56 Å². The molecule has 1 rings (SSSR count). The summed E-state index contributed by atoms with van der Waals surface area (Å²) in [6.45, 7) is 0.276. The summed E-state index contributed by atoms with van der Waals surface area (Å²) in [7, 11) is 4.54. The highest BCUT2D eigenvalue weighted by molar-refractivity contribution is 5.82. The Hall–Kier alpha value is -1.43. The van der Waals surface area contributed by atoms with Gasteiger partial charge in [0.2, 0.25) is 0 Å². The molecule has 0 spiro atoms. The fourth-order valence-corrected chi connectivity index (χ4v) is 1.56. The van der Waals surface area contributed by atoms with Gasteiger partial charge < -0.3 is 19.5 Å². The molecule has 1 aromatic carbocycles. The van der Waals surface area contributed by atoms with E-state index in [-0.39, 0.29) is 12.5 Å². The minimum atomic E-state index is -0.624. The molecule has 1 aromatic rings. The van der Waals surface area contributed by atoms with Crippen LogP contribution in [0.5, 0.6) is 0 Å². The van der Waals surface area contributed by atoms with Crippen LogP contribution in [0.1, 0.15) is 11.7 Å². The molecule has 5 nitrogen and oxygen atoms in total. The van der Waals surface area contributed by atoms with E-state index in [1.54, 1.807) is 0 Å². The predicted molar refractivity (Wildman–Crippen MR) is 67.0 cm³/mol. The summed E-state index contributed by atoms with van der Waals surface area (Å²) < 4.78 is 15.2. The van der Waals surface area contributed by atoms with Crippen LogP contribution in [0.2, 0.25) is 0 Å². The molecule has 1 N–H and O–H groups in total. The Morgan fingerprint density at radius 3 is 2.22 bits per heavy atom. The highest BCUT2D eigenvalue weighted by Crippen LogP contribution is 2.15. The molecule has 0 aliphatic rings. The van der Waals surface area contributed by atoms with Crippen molar-refractivity contribution in [3.05, 3.63) is 35.9 Å². The van der Waals surface area contributed by atoms with Gasteiger partial charge in [-0.3, -0.25) is 4.79 Å². The zero-order valence-electron chi connectivity index (χ0n) is 10.9. The average Bonchev–Trinajstić information content (AvgIpc) is 2.42. The van der Waals surface area contributed by atoms with Gasteiger partial charge in [0.25, 0.3) is 5.91 Å². The Morgan fingerprint density at radius 1 is 1.11 bits per heavy atom. The van der Waals surface area contributed by atoms with Crippen molar-refractivity contribution in [3.63, 3.8) is 0 Å². The van der Waals surface area contributed by atoms with Gasteiger partial charge in [0.05, 0.1) is 6.54 Å².